The SMILES string of the molecule is Cc1nc(-c2nc3ccccc3cc2Br)ncc1C(C)O. The van der Waals surface area contributed by atoms with Gasteiger partial charge in [0.2, 0.25) is 0 Å². The Balaban J connectivity index is 2.16. The predicted molar refractivity (Wildman–Crippen MR) is 85.8 cm³/mol. The van der Waals surface area contributed by atoms with Gasteiger partial charge in [-0.3, -0.25) is 0 Å². The van der Waals surface area contributed by atoms with Gasteiger partial charge < -0.3 is 5.11 Å². The summed E-state index contributed by atoms with van der Waals surface area (Å²) in [7, 11) is 0. The molecule has 1 unspecified atom stereocenters. The van der Waals surface area contributed by atoms with Crippen molar-refractivity contribution in [3.05, 3.63) is 52.3 Å². The van der Waals surface area contributed by atoms with Gasteiger partial charge in [0, 0.05) is 27.3 Å². The zero-order valence-corrected chi connectivity index (χ0v) is 13.3. The van der Waals surface area contributed by atoms with Crippen molar-refractivity contribution in [1.29, 1.82) is 0 Å². The summed E-state index contributed by atoms with van der Waals surface area (Å²) in [5.74, 6) is 0.550. The minimum absolute atomic E-state index is 0.550. The number of para-hydroxylation sites is 1. The van der Waals surface area contributed by atoms with Crippen LogP contribution in [0.15, 0.2) is 41.0 Å². The highest BCUT2D eigenvalue weighted by Crippen LogP contribution is 2.28. The van der Waals surface area contributed by atoms with Gasteiger partial charge >= 0.3 is 0 Å². The number of benzene rings is 1. The van der Waals surface area contributed by atoms with E-state index in [0.717, 1.165) is 26.6 Å². The van der Waals surface area contributed by atoms with Crippen LogP contribution < -0.4 is 0 Å². The molecule has 0 aliphatic rings. The highest BCUT2D eigenvalue weighted by Gasteiger charge is 2.13. The maximum atomic E-state index is 9.66. The second-order valence-electron chi connectivity index (χ2n) is 4.92. The Labute approximate surface area is 131 Å². The van der Waals surface area contributed by atoms with E-state index in [2.05, 4.69) is 30.9 Å². The summed E-state index contributed by atoms with van der Waals surface area (Å²) in [5, 5.41) is 10.7. The number of aliphatic hydroxyl groups excluding tert-OH is 1. The Morgan fingerprint density at radius 3 is 2.67 bits per heavy atom. The van der Waals surface area contributed by atoms with Crippen molar-refractivity contribution in [2.45, 2.75) is 20.0 Å². The van der Waals surface area contributed by atoms with Gasteiger partial charge in [0.15, 0.2) is 5.82 Å². The molecule has 0 radical (unpaired) electrons. The number of halogens is 1. The number of rotatable bonds is 2. The first kappa shape index (κ1) is 14.1. The van der Waals surface area contributed by atoms with E-state index in [1.807, 2.05) is 37.3 Å². The van der Waals surface area contributed by atoms with Gasteiger partial charge in [0.25, 0.3) is 0 Å². The molecule has 0 fully saturated rings. The quantitative estimate of drug-likeness (QED) is 0.768. The highest BCUT2D eigenvalue weighted by molar-refractivity contribution is 9.10. The normalized spacial score (nSPS) is 12.6. The van der Waals surface area contributed by atoms with E-state index < -0.39 is 6.10 Å². The second-order valence-corrected chi connectivity index (χ2v) is 5.78. The van der Waals surface area contributed by atoms with Gasteiger partial charge in [-0.1, -0.05) is 18.2 Å². The van der Waals surface area contributed by atoms with Crippen molar-refractivity contribution in [3.63, 3.8) is 0 Å². The molecule has 106 valence electrons. The van der Waals surface area contributed by atoms with Crippen LogP contribution in [0.2, 0.25) is 0 Å². The average Bonchev–Trinajstić information content (AvgIpc) is 2.46. The van der Waals surface area contributed by atoms with Crippen LogP contribution in [-0.4, -0.2) is 20.1 Å². The van der Waals surface area contributed by atoms with Gasteiger partial charge in [0.05, 0.1) is 11.6 Å². The van der Waals surface area contributed by atoms with Crippen molar-refractivity contribution in [2.24, 2.45) is 0 Å². The Kier molecular flexibility index (Phi) is 3.69. The maximum Gasteiger partial charge on any atom is 0.179 e. The first-order valence-corrected chi connectivity index (χ1v) is 7.43. The first-order chi connectivity index (χ1) is 10.1. The Bertz CT molecular complexity index is 818. The van der Waals surface area contributed by atoms with Crippen LogP contribution >= 0.6 is 15.9 Å². The standard InChI is InChI=1S/C16H14BrN3O/c1-9-12(10(2)21)8-18-16(19-9)15-13(17)7-11-5-3-4-6-14(11)20-15/h3-8,10,21H,1-2H3. The first-order valence-electron chi connectivity index (χ1n) is 6.63. The molecular formula is C16H14BrN3O. The Hall–Kier alpha value is -1.85. The summed E-state index contributed by atoms with van der Waals surface area (Å²) in [6, 6.07) is 9.92. The summed E-state index contributed by atoms with van der Waals surface area (Å²) < 4.78 is 0.852. The molecule has 1 aromatic carbocycles. The monoisotopic (exact) mass is 343 g/mol. The topological polar surface area (TPSA) is 58.9 Å². The molecule has 0 aliphatic carbocycles. The number of aromatic nitrogens is 3. The lowest BCUT2D eigenvalue weighted by Gasteiger charge is -2.10. The molecule has 0 aliphatic heterocycles. The number of aryl methyl sites for hydroxylation is 1. The molecule has 0 amide bonds. The molecule has 2 heterocycles. The number of nitrogens with zero attached hydrogens (tertiary/aromatic N) is 3. The second kappa shape index (κ2) is 5.50. The van der Waals surface area contributed by atoms with Crippen LogP contribution in [0.1, 0.15) is 24.3 Å². The van der Waals surface area contributed by atoms with Crippen LogP contribution in [0, 0.1) is 6.92 Å². The Morgan fingerprint density at radius 1 is 1.19 bits per heavy atom. The third kappa shape index (κ3) is 2.66. The van der Waals surface area contributed by atoms with Gasteiger partial charge in [-0.15, -0.1) is 0 Å². The fourth-order valence-electron chi connectivity index (χ4n) is 2.25. The largest absolute Gasteiger partial charge is 0.389 e. The summed E-state index contributed by atoms with van der Waals surface area (Å²) >= 11 is 3.53. The fourth-order valence-corrected chi connectivity index (χ4v) is 2.76. The van der Waals surface area contributed by atoms with Crippen molar-refractivity contribution in [2.75, 3.05) is 0 Å². The molecule has 5 heteroatoms. The molecule has 1 atom stereocenters. The van der Waals surface area contributed by atoms with Crippen molar-refractivity contribution < 1.29 is 5.11 Å². The lowest BCUT2D eigenvalue weighted by atomic mass is 10.1. The molecule has 0 bridgehead atoms. The number of fused-ring (bicyclic) bond motifs is 1. The van der Waals surface area contributed by atoms with Crippen LogP contribution in [0.5, 0.6) is 0 Å². The smallest absolute Gasteiger partial charge is 0.179 e. The minimum Gasteiger partial charge on any atom is -0.389 e. The summed E-state index contributed by atoms with van der Waals surface area (Å²) in [5.41, 5.74) is 3.10. The van der Waals surface area contributed by atoms with Gasteiger partial charge in [-0.25, -0.2) is 15.0 Å². The molecular weight excluding hydrogens is 330 g/mol. The van der Waals surface area contributed by atoms with Crippen LogP contribution in [0.25, 0.3) is 22.4 Å². The van der Waals surface area contributed by atoms with Gasteiger partial charge in [-0.2, -0.15) is 0 Å². The lowest BCUT2D eigenvalue weighted by molar-refractivity contribution is 0.197. The Morgan fingerprint density at radius 2 is 1.95 bits per heavy atom. The van der Waals surface area contributed by atoms with Crippen LogP contribution in [-0.2, 0) is 0 Å². The molecule has 4 nitrogen and oxygen atoms in total. The predicted octanol–water partition coefficient (Wildman–Crippen LogP) is 3.82. The third-order valence-electron chi connectivity index (χ3n) is 3.36. The number of aliphatic hydroxyl groups is 1. The van der Waals surface area contributed by atoms with E-state index in [1.165, 1.54) is 0 Å². The van der Waals surface area contributed by atoms with Crippen molar-refractivity contribution in [1.82, 2.24) is 15.0 Å². The van der Waals surface area contributed by atoms with Gasteiger partial charge in [-0.05, 0) is 41.9 Å². The average molecular weight is 344 g/mol. The van der Waals surface area contributed by atoms with E-state index in [4.69, 9.17) is 0 Å². The fraction of sp³-hybridized carbons (Fsp3) is 0.188. The summed E-state index contributed by atoms with van der Waals surface area (Å²) in [6.45, 7) is 3.57. The molecule has 3 aromatic rings. The lowest BCUT2D eigenvalue weighted by Crippen LogP contribution is -2.02. The van der Waals surface area contributed by atoms with E-state index >= 15 is 0 Å². The number of pyridine rings is 1. The van der Waals surface area contributed by atoms with Crippen LogP contribution in [0.3, 0.4) is 0 Å². The molecule has 21 heavy (non-hydrogen) atoms. The number of hydrogen-bond donors (Lipinski definition) is 1. The number of hydrogen-bond acceptors (Lipinski definition) is 4. The highest BCUT2D eigenvalue weighted by atomic mass is 79.9. The van der Waals surface area contributed by atoms with E-state index in [0.29, 0.717) is 11.5 Å². The maximum absolute atomic E-state index is 9.66. The van der Waals surface area contributed by atoms with Gasteiger partial charge in [0.1, 0.15) is 5.69 Å². The molecule has 1 N–H and O–H groups in total. The molecule has 0 saturated carbocycles. The molecule has 0 saturated heterocycles. The minimum atomic E-state index is -0.577. The third-order valence-corrected chi connectivity index (χ3v) is 3.96. The summed E-state index contributed by atoms with van der Waals surface area (Å²) in [4.78, 5) is 13.4. The zero-order chi connectivity index (χ0) is 15.0. The molecule has 3 rings (SSSR count). The van der Waals surface area contributed by atoms with E-state index in [9.17, 15) is 5.11 Å². The summed E-state index contributed by atoms with van der Waals surface area (Å²) in [6.07, 6.45) is 1.08. The van der Waals surface area contributed by atoms with E-state index in [1.54, 1.807) is 13.1 Å². The zero-order valence-electron chi connectivity index (χ0n) is 11.7. The molecule has 2 aromatic heterocycles. The van der Waals surface area contributed by atoms with Crippen molar-refractivity contribution >= 4 is 26.8 Å². The van der Waals surface area contributed by atoms with Crippen molar-refractivity contribution in [3.8, 4) is 11.5 Å². The van der Waals surface area contributed by atoms with E-state index in [-0.39, 0.29) is 0 Å². The molecule has 0 spiro atoms. The van der Waals surface area contributed by atoms with Crippen LogP contribution in [0.4, 0.5) is 0 Å².